The average Bonchev–Trinajstić information content (AvgIpc) is 2.93. The summed E-state index contributed by atoms with van der Waals surface area (Å²) in [6.07, 6.45) is 1.05. The molecule has 1 unspecified atom stereocenters. The summed E-state index contributed by atoms with van der Waals surface area (Å²) in [4.78, 5) is 12.3. The third kappa shape index (κ3) is 4.34. The minimum atomic E-state index is -0.324. The highest BCUT2D eigenvalue weighted by atomic mass is 35.5. The molecule has 1 aromatic carbocycles. The fourth-order valence-electron chi connectivity index (χ4n) is 1.59. The van der Waals surface area contributed by atoms with Gasteiger partial charge < -0.3 is 4.74 Å². The van der Waals surface area contributed by atoms with E-state index in [1.807, 2.05) is 0 Å². The van der Waals surface area contributed by atoms with Crippen molar-refractivity contribution in [3.8, 4) is 5.75 Å². The molecule has 0 bridgehead atoms. The molecule has 0 aliphatic rings. The van der Waals surface area contributed by atoms with Gasteiger partial charge in [0.1, 0.15) is 5.75 Å². The number of halogens is 1. The Balaban J connectivity index is 2.11. The van der Waals surface area contributed by atoms with Crippen molar-refractivity contribution in [3.63, 3.8) is 0 Å². The molecular weight excluding hydrogens is 342 g/mol. The summed E-state index contributed by atoms with van der Waals surface area (Å²) >= 11 is 8.93. The van der Waals surface area contributed by atoms with Gasteiger partial charge in [-0.2, -0.15) is 0 Å². The first-order valence-corrected chi connectivity index (χ1v) is 8.76. The Kier molecular flexibility index (Phi) is 6.05. The lowest BCUT2D eigenvalue weighted by atomic mass is 10.2. The minimum Gasteiger partial charge on any atom is -0.496 e. The van der Waals surface area contributed by atoms with E-state index < -0.39 is 0 Å². The van der Waals surface area contributed by atoms with Gasteiger partial charge in [0.15, 0.2) is 4.34 Å². The summed E-state index contributed by atoms with van der Waals surface area (Å²) in [5, 5.41) is 12.2. The van der Waals surface area contributed by atoms with Gasteiger partial charge in [-0.15, -0.1) is 10.2 Å². The van der Waals surface area contributed by atoms with Gasteiger partial charge in [0.25, 0.3) is 5.91 Å². The highest BCUT2D eigenvalue weighted by molar-refractivity contribution is 8.01. The predicted molar refractivity (Wildman–Crippen MR) is 91.5 cm³/mol. The van der Waals surface area contributed by atoms with Crippen LogP contribution in [-0.4, -0.2) is 28.5 Å². The van der Waals surface area contributed by atoms with Crippen LogP contribution >= 0.6 is 34.7 Å². The summed E-state index contributed by atoms with van der Waals surface area (Å²) in [6.45, 7) is 4.24. The number of aromatic nitrogens is 2. The first-order chi connectivity index (χ1) is 10.5. The fourth-order valence-corrected chi connectivity index (χ4v) is 3.75. The van der Waals surface area contributed by atoms with E-state index in [0.717, 1.165) is 10.8 Å². The van der Waals surface area contributed by atoms with E-state index in [2.05, 4.69) is 29.4 Å². The average molecular weight is 358 g/mol. The van der Waals surface area contributed by atoms with Crippen molar-refractivity contribution in [1.82, 2.24) is 10.2 Å². The Morgan fingerprint density at radius 2 is 2.27 bits per heavy atom. The maximum Gasteiger partial charge on any atom is 0.261 e. The van der Waals surface area contributed by atoms with Crippen molar-refractivity contribution in [2.75, 3.05) is 12.4 Å². The fraction of sp³-hybridized carbons (Fsp3) is 0.357. The maximum atomic E-state index is 12.3. The number of methoxy groups -OCH3 is 1. The number of carbonyl (C=O) groups is 1. The van der Waals surface area contributed by atoms with Crippen LogP contribution in [0.3, 0.4) is 0 Å². The van der Waals surface area contributed by atoms with E-state index in [0.29, 0.717) is 26.7 Å². The lowest BCUT2D eigenvalue weighted by Crippen LogP contribution is -2.13. The highest BCUT2D eigenvalue weighted by Gasteiger charge is 2.16. The second-order valence-corrected chi connectivity index (χ2v) is 7.61. The number of ether oxygens (including phenoxy) is 1. The Morgan fingerprint density at radius 3 is 2.95 bits per heavy atom. The number of benzene rings is 1. The Morgan fingerprint density at radius 1 is 1.50 bits per heavy atom. The Labute approximate surface area is 142 Å². The van der Waals surface area contributed by atoms with E-state index in [1.54, 1.807) is 30.0 Å². The maximum absolute atomic E-state index is 12.3. The number of nitrogens with one attached hydrogen (secondary N) is 1. The van der Waals surface area contributed by atoms with Gasteiger partial charge in [-0.05, 0) is 24.6 Å². The number of amides is 1. The zero-order valence-corrected chi connectivity index (χ0v) is 14.8. The molecule has 1 amide bonds. The summed E-state index contributed by atoms with van der Waals surface area (Å²) < 4.78 is 6.01. The molecule has 118 valence electrons. The van der Waals surface area contributed by atoms with Crippen LogP contribution in [0.15, 0.2) is 22.5 Å². The molecule has 0 aliphatic heterocycles. The molecule has 2 rings (SSSR count). The zero-order chi connectivity index (χ0) is 16.1. The van der Waals surface area contributed by atoms with Crippen LogP contribution in [0, 0.1) is 0 Å². The molecule has 0 saturated heterocycles. The lowest BCUT2D eigenvalue weighted by Gasteiger charge is -2.07. The molecule has 1 N–H and O–H groups in total. The van der Waals surface area contributed by atoms with Crippen molar-refractivity contribution in [3.05, 3.63) is 28.8 Å². The van der Waals surface area contributed by atoms with Crippen molar-refractivity contribution in [2.24, 2.45) is 0 Å². The van der Waals surface area contributed by atoms with Gasteiger partial charge in [-0.3, -0.25) is 10.1 Å². The molecule has 0 radical (unpaired) electrons. The summed E-state index contributed by atoms with van der Waals surface area (Å²) in [6, 6.07) is 4.89. The second kappa shape index (κ2) is 7.80. The molecule has 1 atom stereocenters. The number of nitrogens with zero attached hydrogens (tertiary/aromatic N) is 2. The van der Waals surface area contributed by atoms with Crippen molar-refractivity contribution in [1.29, 1.82) is 0 Å². The predicted octanol–water partition coefficient (Wildman–Crippen LogP) is 4.34. The Bertz CT molecular complexity index is 663. The number of hydrogen-bond acceptors (Lipinski definition) is 6. The Hall–Kier alpha value is -1.31. The van der Waals surface area contributed by atoms with Crippen LogP contribution in [0.25, 0.3) is 0 Å². The second-order valence-electron chi connectivity index (χ2n) is 4.51. The first-order valence-electron chi connectivity index (χ1n) is 6.68. The third-order valence-corrected chi connectivity index (χ3v) is 5.34. The quantitative estimate of drug-likeness (QED) is 0.615. The summed E-state index contributed by atoms with van der Waals surface area (Å²) in [7, 11) is 1.51. The standard InChI is InChI=1S/C14H16ClN3O2S2/c1-4-8(2)21-14-18-17-13(22-14)16-12(19)10-7-9(15)5-6-11(10)20-3/h5-8H,4H2,1-3H3,(H,16,17,19). The molecule has 0 aliphatic carbocycles. The number of anilines is 1. The number of carbonyl (C=O) groups excluding carboxylic acids is 1. The normalized spacial score (nSPS) is 12.0. The third-order valence-electron chi connectivity index (χ3n) is 2.91. The lowest BCUT2D eigenvalue weighted by molar-refractivity contribution is 0.102. The summed E-state index contributed by atoms with van der Waals surface area (Å²) in [5.41, 5.74) is 0.362. The van der Waals surface area contributed by atoms with Gasteiger partial charge >= 0.3 is 0 Å². The van der Waals surface area contributed by atoms with Crippen molar-refractivity contribution < 1.29 is 9.53 Å². The molecule has 0 spiro atoms. The van der Waals surface area contributed by atoms with Gasteiger partial charge in [-0.1, -0.05) is 48.5 Å². The molecule has 0 saturated carbocycles. The number of rotatable bonds is 6. The first kappa shape index (κ1) is 17.1. The van der Waals surface area contributed by atoms with Crippen LogP contribution in [0.1, 0.15) is 30.6 Å². The van der Waals surface area contributed by atoms with Gasteiger partial charge in [0, 0.05) is 10.3 Å². The smallest absolute Gasteiger partial charge is 0.261 e. The monoisotopic (exact) mass is 357 g/mol. The van der Waals surface area contributed by atoms with E-state index in [-0.39, 0.29) is 5.91 Å². The van der Waals surface area contributed by atoms with Crippen LogP contribution < -0.4 is 10.1 Å². The zero-order valence-electron chi connectivity index (χ0n) is 12.4. The molecule has 22 heavy (non-hydrogen) atoms. The van der Waals surface area contributed by atoms with Gasteiger partial charge in [0.05, 0.1) is 12.7 Å². The van der Waals surface area contributed by atoms with E-state index in [4.69, 9.17) is 16.3 Å². The van der Waals surface area contributed by atoms with Gasteiger partial charge in [0.2, 0.25) is 5.13 Å². The molecular formula is C14H16ClN3O2S2. The van der Waals surface area contributed by atoms with Crippen LogP contribution in [-0.2, 0) is 0 Å². The molecule has 0 fully saturated rings. The topological polar surface area (TPSA) is 64.1 Å². The number of hydrogen-bond donors (Lipinski definition) is 1. The van der Waals surface area contributed by atoms with E-state index in [1.165, 1.54) is 18.4 Å². The van der Waals surface area contributed by atoms with E-state index >= 15 is 0 Å². The molecule has 8 heteroatoms. The largest absolute Gasteiger partial charge is 0.496 e. The van der Waals surface area contributed by atoms with Gasteiger partial charge in [-0.25, -0.2) is 0 Å². The number of thioether (sulfide) groups is 1. The SMILES string of the molecule is CCC(C)Sc1nnc(NC(=O)c2cc(Cl)ccc2OC)s1. The van der Waals surface area contributed by atoms with Crippen LogP contribution in [0.4, 0.5) is 5.13 Å². The van der Waals surface area contributed by atoms with Crippen LogP contribution in [0.2, 0.25) is 5.02 Å². The summed E-state index contributed by atoms with van der Waals surface area (Å²) in [5.74, 6) is 0.135. The van der Waals surface area contributed by atoms with Crippen molar-refractivity contribution >= 4 is 45.7 Å². The molecule has 1 aromatic heterocycles. The minimum absolute atomic E-state index is 0.324. The highest BCUT2D eigenvalue weighted by Crippen LogP contribution is 2.30. The van der Waals surface area contributed by atoms with E-state index in [9.17, 15) is 4.79 Å². The molecule has 5 nitrogen and oxygen atoms in total. The van der Waals surface area contributed by atoms with Crippen LogP contribution in [0.5, 0.6) is 5.75 Å². The van der Waals surface area contributed by atoms with Crippen molar-refractivity contribution in [2.45, 2.75) is 29.9 Å². The molecule has 2 aromatic rings. The molecule has 1 heterocycles.